The Morgan fingerprint density at radius 2 is 1.19 bits per heavy atom. The summed E-state index contributed by atoms with van der Waals surface area (Å²) in [6.45, 7) is 20.4. The number of carbonyl (C=O) groups excluding carboxylic acids is 3. The molecule has 210 valence electrons. The molecule has 37 heavy (non-hydrogen) atoms. The minimum absolute atomic E-state index is 0.176. The van der Waals surface area contributed by atoms with Crippen molar-refractivity contribution in [2.75, 3.05) is 39.6 Å². The molecule has 1 saturated carbocycles. The van der Waals surface area contributed by atoms with Gasteiger partial charge >= 0.3 is 17.9 Å². The second-order valence-corrected chi connectivity index (χ2v) is 8.09. The van der Waals surface area contributed by atoms with Crippen LogP contribution in [-0.4, -0.2) is 76.0 Å². The summed E-state index contributed by atoms with van der Waals surface area (Å²) in [4.78, 5) is 33.0. The zero-order chi connectivity index (χ0) is 28.1. The van der Waals surface area contributed by atoms with Gasteiger partial charge in [-0.1, -0.05) is 26.3 Å². The van der Waals surface area contributed by atoms with E-state index in [0.717, 1.165) is 31.8 Å². The monoisotopic (exact) mass is 526 g/mol. The fourth-order valence-corrected chi connectivity index (χ4v) is 2.90. The zero-order valence-corrected chi connectivity index (χ0v) is 22.4. The fourth-order valence-electron chi connectivity index (χ4n) is 2.90. The third-order valence-corrected chi connectivity index (χ3v) is 4.79. The summed E-state index contributed by atoms with van der Waals surface area (Å²) in [7, 11) is 0. The first-order valence-corrected chi connectivity index (χ1v) is 12.2. The van der Waals surface area contributed by atoms with Crippen molar-refractivity contribution in [1.82, 2.24) is 0 Å². The lowest BCUT2D eigenvalue weighted by Gasteiger charge is -2.28. The van der Waals surface area contributed by atoms with Crippen LogP contribution in [-0.2, 0) is 47.5 Å². The van der Waals surface area contributed by atoms with E-state index in [1.807, 2.05) is 0 Å². The lowest BCUT2D eigenvalue weighted by Crippen LogP contribution is -2.28. The van der Waals surface area contributed by atoms with Crippen molar-refractivity contribution < 1.29 is 47.5 Å². The minimum atomic E-state index is -0.458. The number of ether oxygens (including phenoxy) is 7. The van der Waals surface area contributed by atoms with Crippen molar-refractivity contribution in [3.05, 3.63) is 49.8 Å². The van der Waals surface area contributed by atoms with Gasteiger partial charge in [0.05, 0.1) is 38.3 Å². The molecular weight excluding hydrogens is 484 g/mol. The summed E-state index contributed by atoms with van der Waals surface area (Å²) in [6.07, 6.45) is 6.00. The van der Waals surface area contributed by atoms with E-state index in [9.17, 15) is 14.4 Å². The molecule has 1 aliphatic rings. The van der Waals surface area contributed by atoms with Gasteiger partial charge in [-0.15, -0.1) is 0 Å². The van der Waals surface area contributed by atoms with E-state index >= 15 is 0 Å². The van der Waals surface area contributed by atoms with Gasteiger partial charge in [-0.2, -0.15) is 0 Å². The standard InChI is InChI=1S/C18H28O6.C9H14O4/c1-13(2)17(19)23-11-9-21-15-5-7-16(8-6-15)22-10-12-24-18(20)14(3)4;1-4-9(10)13-7-6-12-8(3)11-5-2/h15-16H,1,3,5-12H2,2,4H3;4-5,8H,1-2,6-7H2,3H3. The van der Waals surface area contributed by atoms with Crippen molar-refractivity contribution in [2.24, 2.45) is 0 Å². The molecule has 0 spiro atoms. The fraction of sp³-hybridized carbons (Fsp3) is 0.593. The first-order valence-electron chi connectivity index (χ1n) is 12.2. The van der Waals surface area contributed by atoms with Gasteiger partial charge in [-0.3, -0.25) is 0 Å². The van der Waals surface area contributed by atoms with Crippen LogP contribution in [0.25, 0.3) is 0 Å². The van der Waals surface area contributed by atoms with Crippen LogP contribution < -0.4 is 0 Å². The Kier molecular flexibility index (Phi) is 19.5. The molecule has 0 aromatic heterocycles. The van der Waals surface area contributed by atoms with Crippen LogP contribution in [0.2, 0.25) is 0 Å². The van der Waals surface area contributed by atoms with Crippen LogP contribution in [0.1, 0.15) is 46.5 Å². The van der Waals surface area contributed by atoms with Gasteiger partial charge in [0.2, 0.25) is 0 Å². The summed E-state index contributed by atoms with van der Waals surface area (Å²) in [5.41, 5.74) is 0.781. The predicted molar refractivity (Wildman–Crippen MR) is 137 cm³/mol. The number of rotatable bonds is 17. The summed E-state index contributed by atoms with van der Waals surface area (Å²) in [6, 6.07) is 0. The maximum Gasteiger partial charge on any atom is 0.333 e. The molecule has 0 saturated heterocycles. The average Bonchev–Trinajstić information content (AvgIpc) is 2.87. The molecule has 10 nitrogen and oxygen atoms in total. The van der Waals surface area contributed by atoms with E-state index in [2.05, 4.69) is 31.1 Å². The van der Waals surface area contributed by atoms with E-state index in [1.165, 1.54) is 6.26 Å². The van der Waals surface area contributed by atoms with E-state index in [1.54, 1.807) is 20.8 Å². The van der Waals surface area contributed by atoms with Crippen molar-refractivity contribution in [2.45, 2.75) is 65.0 Å². The summed E-state index contributed by atoms with van der Waals surface area (Å²) >= 11 is 0. The molecule has 0 amide bonds. The van der Waals surface area contributed by atoms with Crippen molar-refractivity contribution in [3.63, 3.8) is 0 Å². The molecule has 0 N–H and O–H groups in total. The van der Waals surface area contributed by atoms with Gasteiger partial charge in [0.25, 0.3) is 0 Å². The molecule has 10 heteroatoms. The quantitative estimate of drug-likeness (QED) is 0.0692. The zero-order valence-electron chi connectivity index (χ0n) is 22.4. The number of hydrogen-bond donors (Lipinski definition) is 0. The molecule has 1 fully saturated rings. The van der Waals surface area contributed by atoms with E-state index in [0.29, 0.717) is 24.4 Å². The smallest absolute Gasteiger partial charge is 0.333 e. The number of carbonyl (C=O) groups is 3. The molecule has 0 aliphatic heterocycles. The molecule has 1 aliphatic carbocycles. The predicted octanol–water partition coefficient (Wildman–Crippen LogP) is 3.81. The minimum Gasteiger partial charge on any atom is -0.473 e. The molecule has 0 heterocycles. The van der Waals surface area contributed by atoms with E-state index in [4.69, 9.17) is 28.4 Å². The molecule has 0 radical (unpaired) electrons. The second kappa shape index (κ2) is 21.2. The largest absolute Gasteiger partial charge is 0.473 e. The summed E-state index contributed by atoms with van der Waals surface area (Å²) < 4.78 is 36.0. The van der Waals surface area contributed by atoms with Crippen LogP contribution in [0, 0.1) is 0 Å². The molecule has 0 bridgehead atoms. The van der Waals surface area contributed by atoms with Crippen molar-refractivity contribution in [1.29, 1.82) is 0 Å². The SMILES string of the molecule is C=C(C)C(=O)OCCOC1CCC(OCCOC(=O)C(=C)C)CC1.C=COC(C)OCCOC(=O)C=C. The maximum atomic E-state index is 11.2. The van der Waals surface area contributed by atoms with E-state index in [-0.39, 0.29) is 56.9 Å². The normalized spacial score (nSPS) is 17.2. The average molecular weight is 527 g/mol. The lowest BCUT2D eigenvalue weighted by atomic mass is 9.95. The van der Waals surface area contributed by atoms with Crippen LogP contribution in [0.3, 0.4) is 0 Å². The second-order valence-electron chi connectivity index (χ2n) is 8.09. The van der Waals surface area contributed by atoms with Gasteiger partial charge < -0.3 is 33.2 Å². The van der Waals surface area contributed by atoms with Gasteiger partial charge in [0.15, 0.2) is 6.29 Å². The number of hydrogen-bond acceptors (Lipinski definition) is 10. The molecule has 1 rings (SSSR count). The molecule has 0 aromatic carbocycles. The Bertz CT molecular complexity index is 695. The first-order chi connectivity index (χ1) is 17.6. The Morgan fingerprint density at radius 1 is 0.757 bits per heavy atom. The van der Waals surface area contributed by atoms with Crippen LogP contribution in [0.5, 0.6) is 0 Å². The Labute approximate surface area is 220 Å². The highest BCUT2D eigenvalue weighted by atomic mass is 16.7. The first kappa shape index (κ1) is 34.0. The molecule has 1 unspecified atom stereocenters. The van der Waals surface area contributed by atoms with Crippen LogP contribution >= 0.6 is 0 Å². The summed E-state index contributed by atoms with van der Waals surface area (Å²) in [5, 5.41) is 0. The Morgan fingerprint density at radius 3 is 1.57 bits per heavy atom. The summed E-state index contributed by atoms with van der Waals surface area (Å²) in [5.74, 6) is -1.23. The van der Waals surface area contributed by atoms with Gasteiger partial charge in [0, 0.05) is 17.2 Å². The van der Waals surface area contributed by atoms with Crippen molar-refractivity contribution >= 4 is 17.9 Å². The molecular formula is C27H42O10. The highest BCUT2D eigenvalue weighted by Crippen LogP contribution is 2.23. The van der Waals surface area contributed by atoms with Crippen LogP contribution in [0.4, 0.5) is 0 Å². The highest BCUT2D eigenvalue weighted by Gasteiger charge is 2.22. The maximum absolute atomic E-state index is 11.2. The third-order valence-electron chi connectivity index (χ3n) is 4.79. The van der Waals surface area contributed by atoms with Crippen LogP contribution in [0.15, 0.2) is 49.8 Å². The van der Waals surface area contributed by atoms with Gasteiger partial charge in [0.1, 0.15) is 19.8 Å². The Balaban J connectivity index is 0.000000845. The number of esters is 3. The van der Waals surface area contributed by atoms with Crippen molar-refractivity contribution in [3.8, 4) is 0 Å². The lowest BCUT2D eigenvalue weighted by molar-refractivity contribution is -0.144. The molecule has 0 aromatic rings. The van der Waals surface area contributed by atoms with E-state index < -0.39 is 5.97 Å². The topological polar surface area (TPSA) is 116 Å². The van der Waals surface area contributed by atoms with Gasteiger partial charge in [-0.05, 0) is 46.5 Å². The highest BCUT2D eigenvalue weighted by molar-refractivity contribution is 5.87. The molecule has 1 atom stereocenters. The Hall–Kier alpha value is -2.95. The third kappa shape index (κ3) is 18.9. The van der Waals surface area contributed by atoms with Gasteiger partial charge in [-0.25, -0.2) is 14.4 Å².